The van der Waals surface area contributed by atoms with Gasteiger partial charge in [0.1, 0.15) is 28.2 Å². The number of fused-ring (bicyclic) bond motifs is 9. The van der Waals surface area contributed by atoms with Gasteiger partial charge in [-0.3, -0.25) is 9.98 Å². The largest absolute Gasteiger partial charge is 0.456 e. The molecule has 5 nitrogen and oxygen atoms in total. The number of nitrogens with zero attached hydrogens (tertiary/aromatic N) is 2. The summed E-state index contributed by atoms with van der Waals surface area (Å²) in [7, 11) is 0. The van der Waals surface area contributed by atoms with Gasteiger partial charge in [-0.1, -0.05) is 146 Å². The Hall–Kier alpha value is -8.06. The van der Waals surface area contributed by atoms with E-state index < -0.39 is 0 Å². The van der Waals surface area contributed by atoms with Crippen LogP contribution < -0.4 is 5.73 Å². The maximum absolute atomic E-state index is 6.63. The Kier molecular flexibility index (Phi) is 11.3. The fraction of sp³-hybridized carbons (Fsp3) is 0.0508. The lowest BCUT2D eigenvalue weighted by Crippen LogP contribution is -2.14. The molecule has 65 heavy (non-hydrogen) atoms. The predicted octanol–water partition coefficient (Wildman–Crippen LogP) is 16.1. The Morgan fingerprint density at radius 1 is 0.585 bits per heavy atom. The zero-order valence-corrected chi connectivity index (χ0v) is 36.8. The number of benzene rings is 8. The third-order valence-corrected chi connectivity index (χ3v) is 12.9. The lowest BCUT2D eigenvalue weighted by Gasteiger charge is -2.07. The van der Waals surface area contributed by atoms with Crippen LogP contribution in [0.15, 0.2) is 220 Å². The van der Waals surface area contributed by atoms with E-state index in [9.17, 15) is 0 Å². The number of rotatable bonds is 10. The Balaban J connectivity index is 0.000000497. The molecule has 11 rings (SSSR count). The van der Waals surface area contributed by atoms with Gasteiger partial charge in [0.25, 0.3) is 0 Å². The van der Waals surface area contributed by atoms with Crippen molar-refractivity contribution >= 4 is 93.5 Å². The van der Waals surface area contributed by atoms with Crippen molar-refractivity contribution in [1.29, 1.82) is 0 Å². The van der Waals surface area contributed by atoms with Crippen molar-refractivity contribution in [2.75, 3.05) is 0 Å². The summed E-state index contributed by atoms with van der Waals surface area (Å²) in [5, 5.41) is 6.88. The molecule has 0 amide bonds. The summed E-state index contributed by atoms with van der Waals surface area (Å²) in [6.07, 6.45) is 7.87. The lowest BCUT2D eigenvalue weighted by molar-refractivity contribution is 0.668. The van der Waals surface area contributed by atoms with Crippen molar-refractivity contribution in [3.05, 3.63) is 223 Å². The summed E-state index contributed by atoms with van der Waals surface area (Å²) < 4.78 is 15.5. The lowest BCUT2D eigenvalue weighted by atomic mass is 9.96. The Morgan fingerprint density at radius 3 is 2.05 bits per heavy atom. The summed E-state index contributed by atoms with van der Waals surface area (Å²) in [4.78, 5) is 8.64. The summed E-state index contributed by atoms with van der Waals surface area (Å²) >= 11 is 1.84. The van der Waals surface area contributed by atoms with Crippen molar-refractivity contribution in [2.45, 2.75) is 20.0 Å². The standard InChI is InChI=1S/C51H36N2O2S.C8H9N/c1-3-10-31(11-4-2)32-12-7-13-36(26-32)51(52)53-30-37-14-8-17-45-49(37)41-28-35(22-25-43(41)54-45)38-16-9-18-46-50(38)42-27-33(21-24-44(42)55-46)34-20-23-40-39-15-5-6-19-47(39)56-48(40)29-34;1-9-7-8-5-3-2-4-6-8/h3-29H,1,30H2,2H3,(H2,52,53);2-6H,1,7H2/b11-4-,31-10+;. The van der Waals surface area contributed by atoms with Crippen LogP contribution in [-0.4, -0.2) is 12.6 Å². The molecule has 0 saturated carbocycles. The van der Waals surface area contributed by atoms with Crippen LogP contribution in [0.3, 0.4) is 0 Å². The molecule has 314 valence electrons. The molecule has 0 spiro atoms. The molecule has 0 saturated heterocycles. The molecule has 3 heterocycles. The smallest absolute Gasteiger partial charge is 0.136 e. The van der Waals surface area contributed by atoms with Crippen LogP contribution >= 0.6 is 11.3 Å². The van der Waals surface area contributed by atoms with E-state index in [-0.39, 0.29) is 0 Å². The molecule has 3 aromatic heterocycles. The van der Waals surface area contributed by atoms with Gasteiger partial charge in [0.15, 0.2) is 0 Å². The SMILES string of the molecule is C=C/C=C(\C=C/C)c1cccc(C(N)=NCc2cccc3oc4ccc(-c5cccc6oc7ccc(-c8ccc9c(c8)sc8ccccc89)cc7c56)cc4c23)c1.C=NCc1ccccc1. The van der Waals surface area contributed by atoms with Gasteiger partial charge in [0.2, 0.25) is 0 Å². The number of aliphatic imine (C=N–C) groups is 2. The Morgan fingerprint density at radius 2 is 1.25 bits per heavy atom. The Bertz CT molecular complexity index is 3680. The second-order valence-electron chi connectivity index (χ2n) is 15.9. The minimum absolute atomic E-state index is 0.411. The first-order valence-corrected chi connectivity index (χ1v) is 22.5. The van der Waals surface area contributed by atoms with E-state index in [1.54, 1.807) is 6.08 Å². The monoisotopic (exact) mass is 859 g/mol. The molecule has 0 aliphatic heterocycles. The average molecular weight is 860 g/mol. The van der Waals surface area contributed by atoms with Crippen LogP contribution in [0, 0.1) is 0 Å². The molecule has 8 aromatic carbocycles. The molecule has 6 heteroatoms. The second-order valence-corrected chi connectivity index (χ2v) is 17.0. The molecule has 0 fully saturated rings. The molecule has 0 radical (unpaired) electrons. The van der Waals surface area contributed by atoms with Gasteiger partial charge >= 0.3 is 0 Å². The van der Waals surface area contributed by atoms with Crippen LogP contribution in [0.2, 0.25) is 0 Å². The van der Waals surface area contributed by atoms with E-state index in [1.807, 2.05) is 85.0 Å². The third-order valence-electron chi connectivity index (χ3n) is 11.8. The Labute approximate surface area is 381 Å². The van der Waals surface area contributed by atoms with E-state index in [0.29, 0.717) is 12.4 Å². The summed E-state index contributed by atoms with van der Waals surface area (Å²) in [6, 6.07) is 59.1. The summed E-state index contributed by atoms with van der Waals surface area (Å²) in [6.45, 7) is 10.4. The topological polar surface area (TPSA) is 77.0 Å². The number of nitrogens with two attached hydrogens (primary N) is 1. The molecule has 11 aromatic rings. The van der Waals surface area contributed by atoms with Crippen LogP contribution in [0.25, 0.3) is 91.9 Å². The van der Waals surface area contributed by atoms with Gasteiger partial charge in [-0.05, 0) is 113 Å². The predicted molar refractivity (Wildman–Crippen MR) is 278 cm³/mol. The van der Waals surface area contributed by atoms with Crippen LogP contribution in [0.1, 0.15) is 29.2 Å². The van der Waals surface area contributed by atoms with Crippen LogP contribution in [0.5, 0.6) is 0 Å². The van der Waals surface area contributed by atoms with Gasteiger partial charge in [-0.15, -0.1) is 11.3 Å². The normalized spacial score (nSPS) is 12.2. The molecular weight excluding hydrogens is 815 g/mol. The second kappa shape index (κ2) is 18.0. The van der Waals surface area contributed by atoms with Gasteiger partial charge in [-0.2, -0.15) is 0 Å². The third kappa shape index (κ3) is 8.08. The van der Waals surface area contributed by atoms with Crippen molar-refractivity contribution in [2.24, 2.45) is 15.7 Å². The van der Waals surface area contributed by atoms with Crippen LogP contribution in [0.4, 0.5) is 0 Å². The number of allylic oxidation sites excluding steroid dienone is 5. The highest BCUT2D eigenvalue weighted by Gasteiger charge is 2.17. The van der Waals surface area contributed by atoms with E-state index >= 15 is 0 Å². The maximum Gasteiger partial charge on any atom is 0.136 e. The number of furan rings is 2. The highest BCUT2D eigenvalue weighted by Crippen LogP contribution is 2.42. The first-order valence-electron chi connectivity index (χ1n) is 21.6. The zero-order valence-electron chi connectivity index (χ0n) is 36.0. The highest BCUT2D eigenvalue weighted by atomic mass is 32.1. The van der Waals surface area contributed by atoms with Gasteiger partial charge in [0.05, 0.1) is 13.1 Å². The van der Waals surface area contributed by atoms with Gasteiger partial charge in [-0.25, -0.2) is 0 Å². The van der Waals surface area contributed by atoms with E-state index in [2.05, 4.69) is 140 Å². The molecular formula is C59H45N3O2S. The number of hydrogen-bond acceptors (Lipinski definition) is 5. The molecule has 2 N–H and O–H groups in total. The fourth-order valence-electron chi connectivity index (χ4n) is 8.74. The quantitative estimate of drug-likeness (QED) is 0.0845. The first-order chi connectivity index (χ1) is 32.0. The fourth-order valence-corrected chi connectivity index (χ4v) is 9.88. The summed E-state index contributed by atoms with van der Waals surface area (Å²) in [5.74, 6) is 0.484. The summed E-state index contributed by atoms with van der Waals surface area (Å²) in [5.41, 5.74) is 19.8. The first kappa shape index (κ1) is 41.0. The number of thiophene rings is 1. The number of hydrogen-bond donors (Lipinski definition) is 1. The van der Waals surface area contributed by atoms with Crippen molar-refractivity contribution in [3.8, 4) is 22.3 Å². The van der Waals surface area contributed by atoms with Crippen molar-refractivity contribution in [3.63, 3.8) is 0 Å². The van der Waals surface area contributed by atoms with E-state index in [1.165, 1.54) is 31.3 Å². The molecule has 0 aliphatic rings. The van der Waals surface area contributed by atoms with Crippen molar-refractivity contribution in [1.82, 2.24) is 0 Å². The molecule has 0 bridgehead atoms. The van der Waals surface area contributed by atoms with Crippen LogP contribution in [-0.2, 0) is 13.1 Å². The minimum atomic E-state index is 0.411. The highest BCUT2D eigenvalue weighted by molar-refractivity contribution is 7.25. The van der Waals surface area contributed by atoms with Gasteiger partial charge in [0, 0.05) is 47.3 Å². The van der Waals surface area contributed by atoms with E-state index in [0.717, 1.165) is 89.4 Å². The molecule has 0 unspecified atom stereocenters. The minimum Gasteiger partial charge on any atom is -0.456 e. The zero-order chi connectivity index (χ0) is 44.3. The number of amidine groups is 1. The molecule has 0 aliphatic carbocycles. The molecule has 0 atom stereocenters. The van der Waals surface area contributed by atoms with Gasteiger partial charge < -0.3 is 14.6 Å². The van der Waals surface area contributed by atoms with Crippen molar-refractivity contribution < 1.29 is 8.83 Å². The average Bonchev–Trinajstić information content (AvgIpc) is 4.04. The maximum atomic E-state index is 6.63. The van der Waals surface area contributed by atoms with E-state index in [4.69, 9.17) is 19.6 Å².